The lowest BCUT2D eigenvalue weighted by molar-refractivity contribution is 0.329. The Hall–Kier alpha value is -2.15. The molecule has 0 spiro atoms. The first kappa shape index (κ1) is 14.8. The Balaban J connectivity index is 1.90. The van der Waals surface area contributed by atoms with Crippen molar-refractivity contribution in [2.75, 3.05) is 6.26 Å². The molecule has 0 saturated carbocycles. The van der Waals surface area contributed by atoms with Gasteiger partial charge >= 0.3 is 0 Å². The number of hydrogen-bond acceptors (Lipinski definition) is 5. The minimum absolute atomic E-state index is 0.132. The number of hydrogen-bond donors (Lipinski definition) is 1. The Morgan fingerprint density at radius 3 is 2.91 bits per heavy atom. The van der Waals surface area contributed by atoms with Crippen molar-refractivity contribution in [1.82, 2.24) is 14.8 Å². The van der Waals surface area contributed by atoms with Crippen LogP contribution in [0.1, 0.15) is 30.0 Å². The zero-order chi connectivity index (χ0) is 15.5. The molecule has 2 unspecified atom stereocenters. The van der Waals surface area contributed by atoms with Gasteiger partial charge in [0.25, 0.3) is 5.95 Å². The lowest BCUT2D eigenvalue weighted by atomic mass is 10.0. The summed E-state index contributed by atoms with van der Waals surface area (Å²) >= 11 is 1.47. The van der Waals surface area contributed by atoms with Crippen molar-refractivity contribution in [2.45, 2.75) is 18.6 Å². The summed E-state index contributed by atoms with van der Waals surface area (Å²) in [7, 11) is 0. The van der Waals surface area contributed by atoms with E-state index in [9.17, 15) is 4.39 Å². The van der Waals surface area contributed by atoms with Gasteiger partial charge in [0.2, 0.25) is 0 Å². The Kier molecular flexibility index (Phi) is 4.24. The SMILES string of the molecule is CSC(C=Nc1nc2n(n1)C(c1ccccc1)CC2F)=CN. The summed E-state index contributed by atoms with van der Waals surface area (Å²) in [6, 6.07) is 9.63. The molecular formula is C15H16FN5S. The summed E-state index contributed by atoms with van der Waals surface area (Å²) in [6.07, 6.45) is 4.19. The molecule has 1 aromatic heterocycles. The number of aliphatic imine (C=N–C) groups is 1. The van der Waals surface area contributed by atoms with Crippen molar-refractivity contribution in [2.24, 2.45) is 10.7 Å². The van der Waals surface area contributed by atoms with Crippen molar-refractivity contribution in [1.29, 1.82) is 0 Å². The van der Waals surface area contributed by atoms with E-state index in [1.165, 1.54) is 18.0 Å². The van der Waals surface area contributed by atoms with Gasteiger partial charge in [0.05, 0.1) is 6.04 Å². The Morgan fingerprint density at radius 1 is 1.45 bits per heavy atom. The third-order valence-corrected chi connectivity index (χ3v) is 4.26. The molecule has 1 aromatic carbocycles. The molecule has 0 bridgehead atoms. The third kappa shape index (κ3) is 2.76. The normalized spacial score (nSPS) is 21.5. The fourth-order valence-corrected chi connectivity index (χ4v) is 2.75. The summed E-state index contributed by atoms with van der Waals surface area (Å²) in [4.78, 5) is 9.16. The topological polar surface area (TPSA) is 69.1 Å². The van der Waals surface area contributed by atoms with E-state index in [-0.39, 0.29) is 12.0 Å². The number of nitrogens with two attached hydrogens (primary N) is 1. The van der Waals surface area contributed by atoms with Gasteiger partial charge in [0.15, 0.2) is 12.0 Å². The lowest BCUT2D eigenvalue weighted by Gasteiger charge is -2.10. The molecule has 0 amide bonds. The summed E-state index contributed by atoms with van der Waals surface area (Å²) < 4.78 is 15.8. The van der Waals surface area contributed by atoms with E-state index in [0.29, 0.717) is 12.2 Å². The molecule has 2 N–H and O–H groups in total. The van der Waals surface area contributed by atoms with Crippen LogP contribution in [0.15, 0.2) is 46.4 Å². The molecule has 0 saturated heterocycles. The lowest BCUT2D eigenvalue weighted by Crippen LogP contribution is -2.06. The van der Waals surface area contributed by atoms with E-state index in [1.807, 2.05) is 36.6 Å². The molecular weight excluding hydrogens is 301 g/mol. The molecule has 22 heavy (non-hydrogen) atoms. The summed E-state index contributed by atoms with van der Waals surface area (Å²) in [5.74, 6) is 0.593. The van der Waals surface area contributed by atoms with Gasteiger partial charge in [-0.2, -0.15) is 4.98 Å². The van der Waals surface area contributed by atoms with E-state index < -0.39 is 6.17 Å². The fourth-order valence-electron chi connectivity index (χ4n) is 2.46. The van der Waals surface area contributed by atoms with E-state index in [0.717, 1.165) is 10.5 Å². The average molecular weight is 317 g/mol. The van der Waals surface area contributed by atoms with Gasteiger partial charge in [0.1, 0.15) is 0 Å². The quantitative estimate of drug-likeness (QED) is 0.880. The summed E-state index contributed by atoms with van der Waals surface area (Å²) in [5, 5.41) is 4.33. The summed E-state index contributed by atoms with van der Waals surface area (Å²) in [5.41, 5.74) is 6.48. The predicted molar refractivity (Wildman–Crippen MR) is 87.0 cm³/mol. The molecule has 7 heteroatoms. The van der Waals surface area contributed by atoms with Crippen molar-refractivity contribution >= 4 is 23.9 Å². The first-order valence-corrected chi connectivity index (χ1v) is 8.10. The van der Waals surface area contributed by atoms with Gasteiger partial charge in [0, 0.05) is 23.7 Å². The predicted octanol–water partition coefficient (Wildman–Crippen LogP) is 3.15. The monoisotopic (exact) mass is 317 g/mol. The summed E-state index contributed by atoms with van der Waals surface area (Å²) in [6.45, 7) is 0. The van der Waals surface area contributed by atoms with Crippen molar-refractivity contribution in [3.63, 3.8) is 0 Å². The molecule has 3 rings (SSSR count). The van der Waals surface area contributed by atoms with Crippen molar-refractivity contribution in [3.05, 3.63) is 52.8 Å². The molecule has 0 fully saturated rings. The number of fused-ring (bicyclic) bond motifs is 1. The second kappa shape index (κ2) is 6.31. The van der Waals surface area contributed by atoms with Gasteiger partial charge in [-0.25, -0.2) is 14.1 Å². The number of benzene rings is 1. The first-order valence-electron chi connectivity index (χ1n) is 6.88. The highest BCUT2D eigenvalue weighted by atomic mass is 32.2. The van der Waals surface area contributed by atoms with Crippen LogP contribution in [-0.4, -0.2) is 27.2 Å². The number of thioether (sulfide) groups is 1. The molecule has 1 aliphatic rings. The van der Waals surface area contributed by atoms with E-state index >= 15 is 0 Å². The second-order valence-corrected chi connectivity index (χ2v) is 5.76. The molecule has 2 heterocycles. The van der Waals surface area contributed by atoms with Crippen LogP contribution in [0.2, 0.25) is 0 Å². The number of rotatable bonds is 4. The fraction of sp³-hybridized carbons (Fsp3) is 0.267. The van der Waals surface area contributed by atoms with Crippen LogP contribution in [0, 0.1) is 0 Å². The highest BCUT2D eigenvalue weighted by Crippen LogP contribution is 2.39. The van der Waals surface area contributed by atoms with Crippen LogP contribution in [0.3, 0.4) is 0 Å². The van der Waals surface area contributed by atoms with Crippen LogP contribution in [0.25, 0.3) is 0 Å². The van der Waals surface area contributed by atoms with Crippen LogP contribution in [0.4, 0.5) is 10.3 Å². The third-order valence-electron chi connectivity index (χ3n) is 3.54. The maximum absolute atomic E-state index is 14.2. The van der Waals surface area contributed by atoms with Crippen LogP contribution in [-0.2, 0) is 0 Å². The van der Waals surface area contributed by atoms with Crippen molar-refractivity contribution in [3.8, 4) is 0 Å². The van der Waals surface area contributed by atoms with Gasteiger partial charge < -0.3 is 5.73 Å². The zero-order valence-corrected chi connectivity index (χ0v) is 12.9. The molecule has 0 aliphatic carbocycles. The smallest absolute Gasteiger partial charge is 0.268 e. The molecule has 0 radical (unpaired) electrons. The minimum atomic E-state index is -1.12. The maximum atomic E-state index is 14.2. The van der Waals surface area contributed by atoms with E-state index in [4.69, 9.17) is 5.73 Å². The van der Waals surface area contributed by atoms with Gasteiger partial charge in [-0.15, -0.1) is 16.9 Å². The van der Waals surface area contributed by atoms with Gasteiger partial charge in [-0.3, -0.25) is 0 Å². The number of halogens is 1. The number of aromatic nitrogens is 3. The standard InChI is InChI=1S/C15H16FN5S/c1-22-11(8-17)9-18-15-19-14-12(16)7-13(21(14)20-15)10-5-3-2-4-6-10/h2-6,8-9,12-13H,7,17H2,1H3. The van der Waals surface area contributed by atoms with Gasteiger partial charge in [-0.1, -0.05) is 30.3 Å². The number of alkyl halides is 1. The van der Waals surface area contributed by atoms with E-state index in [1.54, 1.807) is 10.9 Å². The van der Waals surface area contributed by atoms with E-state index in [2.05, 4.69) is 15.1 Å². The Morgan fingerprint density at radius 2 is 2.23 bits per heavy atom. The highest BCUT2D eigenvalue weighted by molar-refractivity contribution is 8.03. The molecule has 5 nitrogen and oxygen atoms in total. The number of nitrogens with zero attached hydrogens (tertiary/aromatic N) is 4. The minimum Gasteiger partial charge on any atom is -0.404 e. The maximum Gasteiger partial charge on any atom is 0.268 e. The zero-order valence-electron chi connectivity index (χ0n) is 12.1. The Labute approximate surface area is 132 Å². The highest BCUT2D eigenvalue weighted by Gasteiger charge is 2.35. The first-order chi connectivity index (χ1) is 10.7. The average Bonchev–Trinajstić information content (AvgIpc) is 3.10. The van der Waals surface area contributed by atoms with Gasteiger partial charge in [-0.05, 0) is 11.8 Å². The number of allylic oxidation sites excluding steroid dienone is 1. The molecule has 114 valence electrons. The van der Waals surface area contributed by atoms with Crippen LogP contribution in [0.5, 0.6) is 0 Å². The molecule has 2 atom stereocenters. The second-order valence-electron chi connectivity index (χ2n) is 4.88. The Bertz CT molecular complexity index is 710. The van der Waals surface area contributed by atoms with Crippen LogP contribution >= 0.6 is 11.8 Å². The molecule has 2 aromatic rings. The van der Waals surface area contributed by atoms with Crippen molar-refractivity contribution < 1.29 is 4.39 Å². The largest absolute Gasteiger partial charge is 0.404 e. The van der Waals surface area contributed by atoms with Crippen LogP contribution < -0.4 is 5.73 Å². The molecule has 1 aliphatic heterocycles.